The van der Waals surface area contributed by atoms with Gasteiger partial charge >= 0.3 is 6.18 Å². The molecule has 5 nitrogen and oxygen atoms in total. The lowest BCUT2D eigenvalue weighted by Gasteiger charge is -2.18. The number of nitrogens with one attached hydrogen (secondary N) is 1. The highest BCUT2D eigenvalue weighted by Crippen LogP contribution is 2.38. The summed E-state index contributed by atoms with van der Waals surface area (Å²) in [6.07, 6.45) is -0.0838. The van der Waals surface area contributed by atoms with Crippen molar-refractivity contribution < 1.29 is 13.2 Å². The van der Waals surface area contributed by atoms with Crippen LogP contribution in [0.15, 0.2) is 52.5 Å². The van der Waals surface area contributed by atoms with E-state index in [4.69, 9.17) is 40.1 Å². The molecule has 0 radical (unpaired) electrons. The maximum atomic E-state index is 13.6. The summed E-state index contributed by atoms with van der Waals surface area (Å²) in [5.41, 5.74) is 11.6. The first kappa shape index (κ1) is 22.4. The molecule has 0 aromatic heterocycles. The topological polar surface area (TPSA) is 101 Å². The largest absolute Gasteiger partial charge is 0.399 e. The van der Waals surface area contributed by atoms with Crippen molar-refractivity contribution in [2.75, 3.05) is 0 Å². The van der Waals surface area contributed by atoms with Crippen molar-refractivity contribution in [3.05, 3.63) is 69.2 Å². The van der Waals surface area contributed by atoms with Gasteiger partial charge in [-0.2, -0.15) is 13.2 Å². The number of halogens is 5. The molecular weight excluding hydrogens is 426 g/mol. The smallest absolute Gasteiger partial charge is 0.390 e. The van der Waals surface area contributed by atoms with E-state index in [2.05, 4.69) is 9.98 Å². The summed E-state index contributed by atoms with van der Waals surface area (Å²) < 4.78 is 40.7. The van der Waals surface area contributed by atoms with E-state index in [0.29, 0.717) is 11.3 Å². The van der Waals surface area contributed by atoms with Crippen molar-refractivity contribution in [3.63, 3.8) is 0 Å². The standard InChI is InChI=1S/C19H16Cl2F3N5/c20-13-6-12(7-14(21)8-13)16(19(22,23)24)3-1-11-2-4-17(29-10-28-9-25)15(5-11)18(26)27/h1-10,16H,(H3,26,27)(H2,25,28,29)/b3-1+. The molecule has 0 amide bonds. The van der Waals surface area contributed by atoms with Crippen LogP contribution in [0.4, 0.5) is 18.9 Å². The van der Waals surface area contributed by atoms with Crippen LogP contribution < -0.4 is 11.5 Å². The van der Waals surface area contributed by atoms with Crippen LogP contribution in [-0.4, -0.2) is 24.7 Å². The van der Waals surface area contributed by atoms with E-state index in [1.165, 1.54) is 42.7 Å². The Hall–Kier alpha value is -2.84. The van der Waals surface area contributed by atoms with Crippen LogP contribution in [-0.2, 0) is 0 Å². The van der Waals surface area contributed by atoms with Crippen LogP contribution in [0.5, 0.6) is 0 Å². The predicted octanol–water partition coefficient (Wildman–Crippen LogP) is 5.28. The summed E-state index contributed by atoms with van der Waals surface area (Å²) >= 11 is 11.7. The van der Waals surface area contributed by atoms with Gasteiger partial charge in [0.25, 0.3) is 0 Å². The zero-order valence-corrected chi connectivity index (χ0v) is 16.3. The van der Waals surface area contributed by atoms with Gasteiger partial charge in [0.15, 0.2) is 0 Å². The number of rotatable bonds is 6. The molecule has 29 heavy (non-hydrogen) atoms. The van der Waals surface area contributed by atoms with Crippen LogP contribution in [0, 0.1) is 5.41 Å². The maximum absolute atomic E-state index is 13.6. The summed E-state index contributed by atoms with van der Waals surface area (Å²) in [6.45, 7) is 0. The molecule has 152 valence electrons. The summed E-state index contributed by atoms with van der Waals surface area (Å²) in [6, 6.07) is 8.30. The fraction of sp³-hybridized carbons (Fsp3) is 0.105. The Morgan fingerprint density at radius 1 is 1.10 bits per heavy atom. The molecule has 0 saturated heterocycles. The van der Waals surface area contributed by atoms with Gasteiger partial charge in [0, 0.05) is 15.6 Å². The third-order valence-electron chi connectivity index (χ3n) is 3.74. The van der Waals surface area contributed by atoms with Gasteiger partial charge in [-0.05, 0) is 41.5 Å². The van der Waals surface area contributed by atoms with Crippen LogP contribution in [0.25, 0.3) is 6.08 Å². The average molecular weight is 442 g/mol. The molecule has 1 atom stereocenters. The number of benzene rings is 2. The van der Waals surface area contributed by atoms with Gasteiger partial charge in [-0.3, -0.25) is 5.41 Å². The molecule has 2 aromatic carbocycles. The summed E-state index contributed by atoms with van der Waals surface area (Å²) in [5.74, 6) is -2.21. The summed E-state index contributed by atoms with van der Waals surface area (Å²) in [5, 5.41) is 7.87. The second-order valence-electron chi connectivity index (χ2n) is 5.81. The summed E-state index contributed by atoms with van der Waals surface area (Å²) in [4.78, 5) is 7.62. The van der Waals surface area contributed by atoms with Crippen molar-refractivity contribution in [2.24, 2.45) is 21.5 Å². The Morgan fingerprint density at radius 2 is 1.76 bits per heavy atom. The van der Waals surface area contributed by atoms with E-state index >= 15 is 0 Å². The molecule has 2 rings (SSSR count). The number of aliphatic imine (C=N–C) groups is 2. The molecule has 0 bridgehead atoms. The first-order valence-electron chi connectivity index (χ1n) is 8.07. The highest BCUT2D eigenvalue weighted by Gasteiger charge is 2.39. The lowest BCUT2D eigenvalue weighted by atomic mass is 9.96. The molecule has 2 aromatic rings. The number of hydrogen-bond acceptors (Lipinski definition) is 2. The number of nitrogens with zero attached hydrogens (tertiary/aromatic N) is 2. The number of amidine groups is 1. The fourth-order valence-corrected chi connectivity index (χ4v) is 3.03. The lowest BCUT2D eigenvalue weighted by molar-refractivity contribution is -0.139. The normalized spacial score (nSPS) is 13.6. The highest BCUT2D eigenvalue weighted by molar-refractivity contribution is 6.34. The molecule has 0 heterocycles. The molecule has 0 aliphatic rings. The third kappa shape index (κ3) is 6.33. The van der Waals surface area contributed by atoms with E-state index in [0.717, 1.165) is 12.4 Å². The molecule has 1 unspecified atom stereocenters. The van der Waals surface area contributed by atoms with Crippen molar-refractivity contribution in [1.29, 1.82) is 5.41 Å². The first-order valence-corrected chi connectivity index (χ1v) is 8.82. The van der Waals surface area contributed by atoms with Gasteiger partial charge in [-0.15, -0.1) is 0 Å². The van der Waals surface area contributed by atoms with E-state index in [9.17, 15) is 13.2 Å². The minimum atomic E-state index is -4.56. The number of allylic oxidation sites excluding steroid dienone is 1. The van der Waals surface area contributed by atoms with Crippen molar-refractivity contribution in [1.82, 2.24) is 0 Å². The molecular formula is C19H16Cl2F3N5. The molecule has 10 heteroatoms. The zero-order valence-electron chi connectivity index (χ0n) is 14.8. The Bertz CT molecular complexity index is 964. The van der Waals surface area contributed by atoms with Gasteiger partial charge in [-0.1, -0.05) is 41.4 Å². The Morgan fingerprint density at radius 3 is 2.31 bits per heavy atom. The Labute approximate surface area is 175 Å². The molecule has 0 aliphatic carbocycles. The number of alkyl halides is 3. The average Bonchev–Trinajstić information content (AvgIpc) is 2.61. The van der Waals surface area contributed by atoms with Gasteiger partial charge in [0.1, 0.15) is 12.2 Å². The molecule has 0 spiro atoms. The molecule has 0 aliphatic heterocycles. The highest BCUT2D eigenvalue weighted by atomic mass is 35.5. The second-order valence-corrected chi connectivity index (χ2v) is 6.69. The minimum absolute atomic E-state index is 0.0843. The van der Waals surface area contributed by atoms with Gasteiger partial charge in [0.05, 0.1) is 17.9 Å². The van der Waals surface area contributed by atoms with E-state index < -0.39 is 12.1 Å². The van der Waals surface area contributed by atoms with E-state index in [1.54, 1.807) is 6.07 Å². The molecule has 0 fully saturated rings. The van der Waals surface area contributed by atoms with Crippen LogP contribution in [0.3, 0.4) is 0 Å². The number of nitrogens with two attached hydrogens (primary N) is 2. The number of hydrogen-bond donors (Lipinski definition) is 3. The van der Waals surface area contributed by atoms with Gasteiger partial charge in [-0.25, -0.2) is 9.98 Å². The minimum Gasteiger partial charge on any atom is -0.390 e. The third-order valence-corrected chi connectivity index (χ3v) is 4.17. The maximum Gasteiger partial charge on any atom is 0.399 e. The first-order chi connectivity index (χ1) is 13.6. The van der Waals surface area contributed by atoms with E-state index in [1.807, 2.05) is 0 Å². The Balaban J connectivity index is 2.43. The Kier molecular flexibility index (Phi) is 7.41. The van der Waals surface area contributed by atoms with Crippen molar-refractivity contribution >= 4 is 53.5 Å². The quantitative estimate of drug-likeness (QED) is 0.419. The van der Waals surface area contributed by atoms with Crippen molar-refractivity contribution in [2.45, 2.75) is 12.1 Å². The second kappa shape index (κ2) is 9.58. The van der Waals surface area contributed by atoms with Crippen LogP contribution >= 0.6 is 23.2 Å². The van der Waals surface area contributed by atoms with Gasteiger partial charge < -0.3 is 11.5 Å². The summed E-state index contributed by atoms with van der Waals surface area (Å²) in [7, 11) is 0. The fourth-order valence-electron chi connectivity index (χ4n) is 2.49. The predicted molar refractivity (Wildman–Crippen MR) is 113 cm³/mol. The molecule has 0 saturated carbocycles. The zero-order chi connectivity index (χ0) is 21.6. The van der Waals surface area contributed by atoms with E-state index in [-0.39, 0.29) is 27.0 Å². The SMILES string of the molecule is N=C(N)c1cc(/C=C/C(c2cc(Cl)cc(Cl)c2)C(F)(F)F)ccc1N=CN=CN. The van der Waals surface area contributed by atoms with Crippen molar-refractivity contribution in [3.8, 4) is 0 Å². The van der Waals surface area contributed by atoms with Crippen LogP contribution in [0.2, 0.25) is 10.0 Å². The monoisotopic (exact) mass is 441 g/mol. The van der Waals surface area contributed by atoms with Gasteiger partial charge in [0.2, 0.25) is 0 Å². The lowest BCUT2D eigenvalue weighted by Crippen LogP contribution is -2.19. The molecule has 5 N–H and O–H groups in total. The van der Waals surface area contributed by atoms with Crippen LogP contribution in [0.1, 0.15) is 22.6 Å². The number of nitrogen functional groups attached to an aromatic ring is 1.